The third-order valence-electron chi connectivity index (χ3n) is 5.48. The third-order valence-corrected chi connectivity index (χ3v) is 5.48. The number of fused-ring (bicyclic) bond motifs is 1. The fourth-order valence-electron chi connectivity index (χ4n) is 3.86. The van der Waals surface area contributed by atoms with Crippen molar-refractivity contribution in [1.29, 1.82) is 0 Å². The quantitative estimate of drug-likeness (QED) is 0.359. The van der Waals surface area contributed by atoms with Crippen LogP contribution < -0.4 is 16.5 Å². The number of aliphatic imine (C=N–C) groups is 1. The highest BCUT2D eigenvalue weighted by atomic mass is 16.4. The van der Waals surface area contributed by atoms with Gasteiger partial charge < -0.3 is 20.6 Å². The Bertz CT molecular complexity index is 1490. The maximum atomic E-state index is 13.0. The van der Waals surface area contributed by atoms with E-state index in [1.807, 2.05) is 19.9 Å². The second kappa shape index (κ2) is 9.19. The Hall–Kier alpha value is -4.46. The average Bonchev–Trinajstić information content (AvgIpc) is 2.80. The minimum atomic E-state index is -1.03. The molecule has 1 atom stereocenters. The summed E-state index contributed by atoms with van der Waals surface area (Å²) in [5, 5.41) is 13.2. The van der Waals surface area contributed by atoms with Crippen LogP contribution in [0.15, 0.2) is 68.8 Å². The van der Waals surface area contributed by atoms with Crippen LogP contribution >= 0.6 is 0 Å². The largest absolute Gasteiger partial charge is 0.478 e. The third kappa shape index (κ3) is 4.38. The highest BCUT2D eigenvalue weighted by Gasteiger charge is 2.19. The normalized spacial score (nSPS) is 12.2. The van der Waals surface area contributed by atoms with Gasteiger partial charge in [-0.2, -0.15) is 0 Å². The lowest BCUT2D eigenvalue weighted by atomic mass is 10.0. The summed E-state index contributed by atoms with van der Waals surface area (Å²) in [6.07, 6.45) is 1.60. The number of carboxylic acid groups (broad SMARTS) is 1. The van der Waals surface area contributed by atoms with Crippen LogP contribution in [0.4, 0.5) is 11.5 Å². The summed E-state index contributed by atoms with van der Waals surface area (Å²) in [6, 6.07) is 14.9. The summed E-state index contributed by atoms with van der Waals surface area (Å²) in [5.74, 6) is -0.471. The molecule has 4 aromatic rings. The van der Waals surface area contributed by atoms with Crippen molar-refractivity contribution in [3.8, 4) is 11.5 Å². The Balaban J connectivity index is 1.83. The molecule has 0 amide bonds. The van der Waals surface area contributed by atoms with Crippen LogP contribution in [0.25, 0.3) is 22.4 Å². The Morgan fingerprint density at radius 3 is 2.68 bits per heavy atom. The lowest BCUT2D eigenvalue weighted by Crippen LogP contribution is -2.12. The number of nitrogens with one attached hydrogen (secondary N) is 1. The molecule has 0 radical (unpaired) electrons. The molecule has 0 fully saturated rings. The van der Waals surface area contributed by atoms with E-state index < -0.39 is 5.97 Å². The minimum absolute atomic E-state index is 0.156. The van der Waals surface area contributed by atoms with Crippen LogP contribution in [-0.4, -0.2) is 29.3 Å². The molecule has 34 heavy (non-hydrogen) atoms. The Morgan fingerprint density at radius 1 is 1.21 bits per heavy atom. The fourth-order valence-corrected chi connectivity index (χ4v) is 3.86. The lowest BCUT2D eigenvalue weighted by Gasteiger charge is -2.19. The SMILES string of the molecule is CN=Cc1ccc(-c2cc(=O)c3cc(C)cc(C(C)Nc4ccccc4C(=O)O)c3o2)nc1N. The summed E-state index contributed by atoms with van der Waals surface area (Å²) in [6.45, 7) is 3.78. The number of carboxylic acids is 1. The number of hydrogen-bond donors (Lipinski definition) is 3. The zero-order valence-corrected chi connectivity index (χ0v) is 19.0. The molecule has 0 aliphatic rings. The van der Waals surface area contributed by atoms with Gasteiger partial charge in [0.25, 0.3) is 0 Å². The van der Waals surface area contributed by atoms with Gasteiger partial charge in [-0.15, -0.1) is 0 Å². The van der Waals surface area contributed by atoms with Crippen molar-refractivity contribution in [2.75, 3.05) is 18.1 Å². The number of rotatable bonds is 6. The number of aryl methyl sites for hydroxylation is 1. The number of pyridine rings is 1. The van der Waals surface area contributed by atoms with Crippen molar-refractivity contribution in [1.82, 2.24) is 4.98 Å². The molecule has 0 spiro atoms. The molecular weight excluding hydrogens is 432 g/mol. The van der Waals surface area contributed by atoms with Crippen LogP contribution in [0.2, 0.25) is 0 Å². The van der Waals surface area contributed by atoms with E-state index in [0.29, 0.717) is 27.9 Å². The van der Waals surface area contributed by atoms with E-state index in [0.717, 1.165) is 11.1 Å². The molecular formula is C26H24N4O4. The van der Waals surface area contributed by atoms with Gasteiger partial charge in [0, 0.05) is 36.1 Å². The standard InChI is InChI=1S/C26H24N4O4/c1-14-10-18(15(2)29-20-7-5-4-6-17(20)26(32)33)24-19(11-14)22(31)12-23(34-24)21-9-8-16(13-28-3)25(27)30-21/h4-13,15,29H,1-3H3,(H2,27,30)(H,32,33). The van der Waals surface area contributed by atoms with Crippen molar-refractivity contribution in [2.45, 2.75) is 19.9 Å². The van der Waals surface area contributed by atoms with E-state index in [-0.39, 0.29) is 28.6 Å². The summed E-state index contributed by atoms with van der Waals surface area (Å²) >= 11 is 0. The first-order chi connectivity index (χ1) is 16.3. The van der Waals surface area contributed by atoms with Crippen LogP contribution in [0.5, 0.6) is 0 Å². The number of aromatic carboxylic acids is 1. The van der Waals surface area contributed by atoms with Crippen LogP contribution in [0.3, 0.4) is 0 Å². The van der Waals surface area contributed by atoms with E-state index >= 15 is 0 Å². The molecule has 0 saturated carbocycles. The first-order valence-corrected chi connectivity index (χ1v) is 10.6. The minimum Gasteiger partial charge on any atom is -0.478 e. The molecule has 2 aromatic heterocycles. The Labute approximate surface area is 195 Å². The van der Waals surface area contributed by atoms with Crippen molar-refractivity contribution in [3.05, 3.63) is 87.1 Å². The Morgan fingerprint density at radius 2 is 1.97 bits per heavy atom. The molecule has 1 unspecified atom stereocenters. The number of nitrogen functional groups attached to an aromatic ring is 1. The second-order valence-corrected chi connectivity index (χ2v) is 7.98. The zero-order valence-electron chi connectivity index (χ0n) is 19.0. The maximum absolute atomic E-state index is 13.0. The summed E-state index contributed by atoms with van der Waals surface area (Å²) < 4.78 is 6.20. The molecule has 0 bridgehead atoms. The van der Waals surface area contributed by atoms with Crippen molar-refractivity contribution < 1.29 is 14.3 Å². The van der Waals surface area contributed by atoms with Gasteiger partial charge in [0.2, 0.25) is 0 Å². The average molecular weight is 457 g/mol. The molecule has 0 aliphatic carbocycles. The second-order valence-electron chi connectivity index (χ2n) is 7.98. The summed E-state index contributed by atoms with van der Waals surface area (Å²) in [4.78, 5) is 33.0. The maximum Gasteiger partial charge on any atom is 0.337 e. The smallest absolute Gasteiger partial charge is 0.337 e. The van der Waals surface area contributed by atoms with Gasteiger partial charge in [0.15, 0.2) is 11.2 Å². The predicted octanol–water partition coefficient (Wildman–Crippen LogP) is 4.67. The van der Waals surface area contributed by atoms with Gasteiger partial charge >= 0.3 is 5.97 Å². The first-order valence-electron chi connectivity index (χ1n) is 10.6. The van der Waals surface area contributed by atoms with Crippen LogP contribution in [0.1, 0.15) is 40.0 Å². The number of hydrogen-bond acceptors (Lipinski definition) is 7. The van der Waals surface area contributed by atoms with Gasteiger partial charge in [0.1, 0.15) is 17.1 Å². The first kappa shape index (κ1) is 22.7. The molecule has 8 heteroatoms. The van der Waals surface area contributed by atoms with E-state index in [2.05, 4.69) is 15.3 Å². The molecule has 4 rings (SSSR count). The van der Waals surface area contributed by atoms with Gasteiger partial charge in [-0.05, 0) is 49.7 Å². The number of nitrogens with zero attached hydrogens (tertiary/aromatic N) is 2. The number of nitrogens with two attached hydrogens (primary N) is 1. The molecule has 8 nitrogen and oxygen atoms in total. The van der Waals surface area contributed by atoms with E-state index in [1.54, 1.807) is 49.7 Å². The van der Waals surface area contributed by atoms with E-state index in [4.69, 9.17) is 10.2 Å². The lowest BCUT2D eigenvalue weighted by molar-refractivity contribution is 0.0698. The molecule has 2 aromatic carbocycles. The topological polar surface area (TPSA) is 131 Å². The van der Waals surface area contributed by atoms with Crippen molar-refractivity contribution in [3.63, 3.8) is 0 Å². The highest BCUT2D eigenvalue weighted by Crippen LogP contribution is 2.31. The van der Waals surface area contributed by atoms with Gasteiger partial charge in [0.05, 0.1) is 17.0 Å². The van der Waals surface area contributed by atoms with Gasteiger partial charge in [-0.3, -0.25) is 9.79 Å². The number of para-hydroxylation sites is 1. The number of benzene rings is 2. The number of aromatic nitrogens is 1. The summed E-state index contributed by atoms with van der Waals surface area (Å²) in [7, 11) is 1.64. The van der Waals surface area contributed by atoms with Crippen molar-refractivity contribution >= 4 is 34.7 Å². The molecule has 172 valence electrons. The summed E-state index contributed by atoms with van der Waals surface area (Å²) in [5.41, 5.74) is 9.55. The number of anilines is 2. The molecule has 0 aliphatic heterocycles. The molecule has 2 heterocycles. The van der Waals surface area contributed by atoms with E-state index in [1.165, 1.54) is 12.1 Å². The van der Waals surface area contributed by atoms with Crippen LogP contribution in [0, 0.1) is 6.92 Å². The molecule has 4 N–H and O–H groups in total. The van der Waals surface area contributed by atoms with Gasteiger partial charge in [-0.1, -0.05) is 18.2 Å². The van der Waals surface area contributed by atoms with E-state index in [9.17, 15) is 14.7 Å². The predicted molar refractivity (Wildman–Crippen MR) is 134 cm³/mol. The van der Waals surface area contributed by atoms with Gasteiger partial charge in [-0.25, -0.2) is 9.78 Å². The van der Waals surface area contributed by atoms with Crippen molar-refractivity contribution in [2.24, 2.45) is 4.99 Å². The monoisotopic (exact) mass is 456 g/mol. The molecule has 0 saturated heterocycles. The number of carbonyl (C=O) groups is 1. The fraction of sp³-hybridized carbons (Fsp3) is 0.154. The van der Waals surface area contributed by atoms with Crippen LogP contribution in [-0.2, 0) is 0 Å². The highest BCUT2D eigenvalue weighted by molar-refractivity contribution is 5.94. The Kier molecular flexibility index (Phi) is 6.14. The zero-order chi connectivity index (χ0) is 24.4.